The highest BCUT2D eigenvalue weighted by atomic mass is 35.5. The standard InChI is InChI=1S/C23H21ClN4OS/c24-22-10-9-19(30-22)15-26-11-13-27(14-12-26)23(29)17-5-7-18(8-6-17)28-16-25-20-3-1-2-4-21(20)28/h1-10,16H,11-15H2. The zero-order valence-electron chi connectivity index (χ0n) is 16.4. The van der Waals surface area contributed by atoms with Crippen molar-refractivity contribution in [1.29, 1.82) is 0 Å². The minimum Gasteiger partial charge on any atom is -0.336 e. The van der Waals surface area contributed by atoms with Gasteiger partial charge >= 0.3 is 0 Å². The molecule has 1 aliphatic heterocycles. The Hall–Kier alpha value is -2.67. The number of aromatic nitrogens is 2. The van der Waals surface area contributed by atoms with E-state index in [1.54, 1.807) is 11.3 Å². The number of hydrogen-bond donors (Lipinski definition) is 0. The van der Waals surface area contributed by atoms with E-state index in [1.165, 1.54) is 4.88 Å². The number of carbonyl (C=O) groups is 1. The molecule has 0 saturated carbocycles. The van der Waals surface area contributed by atoms with Gasteiger partial charge in [-0.25, -0.2) is 4.98 Å². The van der Waals surface area contributed by atoms with E-state index in [9.17, 15) is 4.79 Å². The molecule has 7 heteroatoms. The predicted octanol–water partition coefficient (Wildman–Crippen LogP) is 4.70. The summed E-state index contributed by atoms with van der Waals surface area (Å²) in [7, 11) is 0. The van der Waals surface area contributed by atoms with Gasteiger partial charge in [-0.1, -0.05) is 23.7 Å². The lowest BCUT2D eigenvalue weighted by Crippen LogP contribution is -2.48. The van der Waals surface area contributed by atoms with Crippen molar-refractivity contribution < 1.29 is 4.79 Å². The van der Waals surface area contributed by atoms with Crippen LogP contribution in [0.5, 0.6) is 0 Å². The van der Waals surface area contributed by atoms with Crippen molar-refractivity contribution in [1.82, 2.24) is 19.4 Å². The van der Waals surface area contributed by atoms with Crippen LogP contribution in [0.15, 0.2) is 67.0 Å². The largest absolute Gasteiger partial charge is 0.336 e. The molecular weight excluding hydrogens is 416 g/mol. The van der Waals surface area contributed by atoms with E-state index < -0.39 is 0 Å². The third-order valence-corrected chi connectivity index (χ3v) is 6.73. The van der Waals surface area contributed by atoms with Crippen LogP contribution in [0.3, 0.4) is 0 Å². The molecule has 152 valence electrons. The number of fused-ring (bicyclic) bond motifs is 1. The molecule has 5 nitrogen and oxygen atoms in total. The maximum Gasteiger partial charge on any atom is 0.253 e. The minimum atomic E-state index is 0.0934. The molecule has 1 amide bonds. The Labute approximate surface area is 184 Å². The molecule has 2 aromatic heterocycles. The zero-order chi connectivity index (χ0) is 20.5. The van der Waals surface area contributed by atoms with Crippen molar-refractivity contribution in [2.24, 2.45) is 0 Å². The van der Waals surface area contributed by atoms with E-state index >= 15 is 0 Å². The van der Waals surface area contributed by atoms with E-state index in [-0.39, 0.29) is 5.91 Å². The Bertz CT molecular complexity index is 1180. The van der Waals surface area contributed by atoms with Crippen LogP contribution in [0.1, 0.15) is 15.2 Å². The molecule has 30 heavy (non-hydrogen) atoms. The van der Waals surface area contributed by atoms with Crippen LogP contribution in [-0.2, 0) is 6.54 Å². The fourth-order valence-electron chi connectivity index (χ4n) is 3.88. The first-order valence-corrected chi connectivity index (χ1v) is 11.2. The second-order valence-electron chi connectivity index (χ2n) is 7.42. The monoisotopic (exact) mass is 436 g/mol. The quantitative estimate of drug-likeness (QED) is 0.465. The molecule has 1 saturated heterocycles. The Morgan fingerprint density at radius 1 is 0.967 bits per heavy atom. The van der Waals surface area contributed by atoms with E-state index in [0.29, 0.717) is 0 Å². The first-order chi connectivity index (χ1) is 14.7. The second kappa shape index (κ2) is 8.22. The number of rotatable bonds is 4. The predicted molar refractivity (Wildman–Crippen MR) is 122 cm³/mol. The summed E-state index contributed by atoms with van der Waals surface area (Å²) in [5.41, 5.74) is 3.74. The van der Waals surface area contributed by atoms with Crippen LogP contribution in [0.25, 0.3) is 16.7 Å². The number of benzene rings is 2. The summed E-state index contributed by atoms with van der Waals surface area (Å²) < 4.78 is 2.87. The van der Waals surface area contributed by atoms with Gasteiger partial charge in [0.05, 0.1) is 15.4 Å². The lowest BCUT2D eigenvalue weighted by atomic mass is 10.1. The number of imidazole rings is 1. The Morgan fingerprint density at radius 3 is 2.47 bits per heavy atom. The Morgan fingerprint density at radius 2 is 1.73 bits per heavy atom. The SMILES string of the molecule is O=C(c1ccc(-n2cnc3ccccc32)cc1)N1CCN(Cc2ccc(Cl)s2)CC1. The van der Waals surface area contributed by atoms with E-state index in [4.69, 9.17) is 11.6 Å². The molecule has 0 spiro atoms. The van der Waals surface area contributed by atoms with Gasteiger partial charge in [-0.15, -0.1) is 11.3 Å². The van der Waals surface area contributed by atoms with Crippen LogP contribution in [-0.4, -0.2) is 51.4 Å². The van der Waals surface area contributed by atoms with Crippen molar-refractivity contribution in [3.8, 4) is 5.69 Å². The van der Waals surface area contributed by atoms with E-state index in [1.807, 2.05) is 70.4 Å². The van der Waals surface area contributed by atoms with Crippen LogP contribution in [0.2, 0.25) is 4.34 Å². The second-order valence-corrected chi connectivity index (χ2v) is 9.22. The molecule has 0 bridgehead atoms. The number of carbonyl (C=O) groups excluding carboxylic acids is 1. The number of piperazine rings is 1. The lowest BCUT2D eigenvalue weighted by Gasteiger charge is -2.34. The summed E-state index contributed by atoms with van der Waals surface area (Å²) in [6.07, 6.45) is 1.82. The van der Waals surface area contributed by atoms with Gasteiger partial charge in [0, 0.05) is 48.9 Å². The molecule has 0 radical (unpaired) electrons. The number of hydrogen-bond acceptors (Lipinski definition) is 4. The molecule has 4 aromatic rings. The van der Waals surface area contributed by atoms with E-state index in [2.05, 4.69) is 16.0 Å². The highest BCUT2D eigenvalue weighted by Gasteiger charge is 2.22. The van der Waals surface area contributed by atoms with Crippen molar-refractivity contribution in [3.63, 3.8) is 0 Å². The third-order valence-electron chi connectivity index (χ3n) is 5.51. The molecule has 0 N–H and O–H groups in total. The van der Waals surface area contributed by atoms with Gasteiger partial charge in [0.2, 0.25) is 0 Å². The van der Waals surface area contributed by atoms with Gasteiger partial charge in [0.1, 0.15) is 6.33 Å². The topological polar surface area (TPSA) is 41.4 Å². The van der Waals surface area contributed by atoms with Gasteiger partial charge in [-0.05, 0) is 48.5 Å². The third kappa shape index (κ3) is 3.86. The molecule has 5 rings (SSSR count). The average molecular weight is 437 g/mol. The van der Waals surface area contributed by atoms with Crippen molar-refractivity contribution in [2.75, 3.05) is 26.2 Å². The van der Waals surface area contributed by atoms with Crippen LogP contribution in [0, 0.1) is 0 Å². The normalized spacial score (nSPS) is 15.0. The highest BCUT2D eigenvalue weighted by molar-refractivity contribution is 7.16. The Kier molecular flexibility index (Phi) is 5.29. The maximum atomic E-state index is 13.0. The molecule has 0 aliphatic carbocycles. The zero-order valence-corrected chi connectivity index (χ0v) is 17.9. The molecule has 2 aromatic carbocycles. The van der Waals surface area contributed by atoms with Crippen LogP contribution >= 0.6 is 22.9 Å². The number of halogens is 1. The van der Waals surface area contributed by atoms with Crippen molar-refractivity contribution >= 4 is 39.9 Å². The lowest BCUT2D eigenvalue weighted by molar-refractivity contribution is 0.0629. The molecule has 0 atom stereocenters. The highest BCUT2D eigenvalue weighted by Crippen LogP contribution is 2.23. The van der Waals surface area contributed by atoms with Gasteiger partial charge in [-0.2, -0.15) is 0 Å². The first-order valence-electron chi connectivity index (χ1n) is 9.96. The van der Waals surface area contributed by atoms with Gasteiger partial charge in [0.25, 0.3) is 5.91 Å². The van der Waals surface area contributed by atoms with Gasteiger partial charge in [-0.3, -0.25) is 14.3 Å². The summed E-state index contributed by atoms with van der Waals surface area (Å²) >= 11 is 7.65. The maximum absolute atomic E-state index is 13.0. The summed E-state index contributed by atoms with van der Waals surface area (Å²) in [5.74, 6) is 0.0934. The van der Waals surface area contributed by atoms with Crippen LogP contribution in [0.4, 0.5) is 0 Å². The molecule has 0 unspecified atom stereocenters. The molecular formula is C23H21ClN4OS. The summed E-state index contributed by atoms with van der Waals surface area (Å²) in [4.78, 5) is 23.0. The van der Waals surface area contributed by atoms with Crippen LogP contribution < -0.4 is 0 Å². The van der Waals surface area contributed by atoms with Gasteiger partial charge in [0.15, 0.2) is 0 Å². The number of thiophene rings is 1. The molecule has 1 fully saturated rings. The number of para-hydroxylation sites is 2. The fourth-order valence-corrected chi connectivity index (χ4v) is 5.01. The smallest absolute Gasteiger partial charge is 0.253 e. The van der Waals surface area contributed by atoms with Gasteiger partial charge < -0.3 is 4.90 Å². The summed E-state index contributed by atoms with van der Waals surface area (Å²) in [6.45, 7) is 4.13. The fraction of sp³-hybridized carbons (Fsp3) is 0.217. The minimum absolute atomic E-state index is 0.0934. The first kappa shape index (κ1) is 19.3. The number of amides is 1. The van der Waals surface area contributed by atoms with Crippen molar-refractivity contribution in [2.45, 2.75) is 6.54 Å². The summed E-state index contributed by atoms with van der Waals surface area (Å²) in [6, 6.07) is 19.8. The Balaban J connectivity index is 1.23. The summed E-state index contributed by atoms with van der Waals surface area (Å²) in [5, 5.41) is 0. The molecule has 1 aliphatic rings. The molecule has 3 heterocycles. The number of nitrogens with zero attached hydrogens (tertiary/aromatic N) is 4. The van der Waals surface area contributed by atoms with Crippen molar-refractivity contribution in [3.05, 3.63) is 81.8 Å². The van der Waals surface area contributed by atoms with E-state index in [0.717, 1.165) is 59.3 Å². The average Bonchev–Trinajstić information content (AvgIpc) is 3.40.